The Morgan fingerprint density at radius 2 is 1.56 bits per heavy atom. The molecule has 0 saturated heterocycles. The molecule has 0 unspecified atom stereocenters. The zero-order valence-electron chi connectivity index (χ0n) is 15.0. The molecule has 5 nitrogen and oxygen atoms in total. The summed E-state index contributed by atoms with van der Waals surface area (Å²) < 4.78 is 0. The van der Waals surface area contributed by atoms with Crippen LogP contribution in [0.2, 0.25) is 0 Å². The van der Waals surface area contributed by atoms with Crippen LogP contribution in [0.4, 0.5) is 0 Å². The molecule has 0 aliphatic rings. The van der Waals surface area contributed by atoms with E-state index in [1.807, 2.05) is 42.5 Å². The van der Waals surface area contributed by atoms with Gasteiger partial charge in [0.1, 0.15) is 0 Å². The van der Waals surface area contributed by atoms with Gasteiger partial charge in [0.2, 0.25) is 5.91 Å². The van der Waals surface area contributed by atoms with E-state index >= 15 is 0 Å². The molecule has 0 radical (unpaired) electrons. The van der Waals surface area contributed by atoms with Gasteiger partial charge < -0.3 is 21.9 Å². The standard InChI is InChI=1S/C22H22N4O/c23-13-17(24)12-18(25)14-26-22(27)10-9-21-19-7-3-1-5-15(19)11-16-6-2-4-8-20(16)21/h1-11,24-25H,12-14,23H2,(H,26,27)/b10-9+,24-17?,25-18?. The Morgan fingerprint density at radius 1 is 0.963 bits per heavy atom. The van der Waals surface area contributed by atoms with Gasteiger partial charge in [0, 0.05) is 30.5 Å². The highest BCUT2D eigenvalue weighted by atomic mass is 16.1. The van der Waals surface area contributed by atoms with Crippen molar-refractivity contribution in [3.63, 3.8) is 0 Å². The maximum Gasteiger partial charge on any atom is 0.244 e. The Bertz CT molecular complexity index is 999. The largest absolute Gasteiger partial charge is 0.347 e. The van der Waals surface area contributed by atoms with Crippen LogP contribution < -0.4 is 11.1 Å². The van der Waals surface area contributed by atoms with Crippen LogP contribution in [-0.4, -0.2) is 30.4 Å². The Labute approximate surface area is 157 Å². The number of hydrogen-bond donors (Lipinski definition) is 4. The normalized spacial score (nSPS) is 11.1. The third-order valence-corrected chi connectivity index (χ3v) is 4.36. The van der Waals surface area contributed by atoms with Crippen molar-refractivity contribution in [2.45, 2.75) is 6.42 Å². The van der Waals surface area contributed by atoms with Crippen LogP contribution in [0.5, 0.6) is 0 Å². The highest BCUT2D eigenvalue weighted by Crippen LogP contribution is 2.29. The number of fused-ring (bicyclic) bond motifs is 2. The van der Waals surface area contributed by atoms with Crippen LogP contribution in [0.25, 0.3) is 27.6 Å². The minimum atomic E-state index is -0.268. The average Bonchev–Trinajstić information content (AvgIpc) is 2.69. The van der Waals surface area contributed by atoms with Gasteiger partial charge in [0.15, 0.2) is 0 Å². The molecule has 3 aromatic carbocycles. The Balaban J connectivity index is 1.81. The molecule has 5 N–H and O–H groups in total. The van der Waals surface area contributed by atoms with Gasteiger partial charge in [0.05, 0.1) is 6.54 Å². The smallest absolute Gasteiger partial charge is 0.244 e. The molecule has 5 heteroatoms. The molecular weight excluding hydrogens is 336 g/mol. The molecule has 0 heterocycles. The molecule has 3 rings (SSSR count). The van der Waals surface area contributed by atoms with E-state index in [0.717, 1.165) is 27.1 Å². The van der Waals surface area contributed by atoms with E-state index in [2.05, 4.69) is 23.5 Å². The van der Waals surface area contributed by atoms with Crippen LogP contribution in [0.1, 0.15) is 12.0 Å². The first-order valence-corrected chi connectivity index (χ1v) is 8.77. The van der Waals surface area contributed by atoms with Crippen molar-refractivity contribution in [2.75, 3.05) is 13.1 Å². The van der Waals surface area contributed by atoms with Crippen molar-refractivity contribution in [1.82, 2.24) is 5.32 Å². The first kappa shape index (κ1) is 18.5. The van der Waals surface area contributed by atoms with Gasteiger partial charge in [-0.15, -0.1) is 0 Å². The van der Waals surface area contributed by atoms with Crippen molar-refractivity contribution in [3.8, 4) is 0 Å². The monoisotopic (exact) mass is 358 g/mol. The van der Waals surface area contributed by atoms with Crippen LogP contribution in [0.3, 0.4) is 0 Å². The van der Waals surface area contributed by atoms with Crippen LogP contribution in [0.15, 0.2) is 60.7 Å². The zero-order chi connectivity index (χ0) is 19.2. The minimum Gasteiger partial charge on any atom is -0.347 e. The fraction of sp³-hybridized carbons (Fsp3) is 0.136. The average molecular weight is 358 g/mol. The summed E-state index contributed by atoms with van der Waals surface area (Å²) in [5.74, 6) is -0.268. The quantitative estimate of drug-likeness (QED) is 0.295. The van der Waals surface area contributed by atoms with Crippen molar-refractivity contribution in [3.05, 3.63) is 66.2 Å². The van der Waals surface area contributed by atoms with E-state index in [1.54, 1.807) is 0 Å². The zero-order valence-corrected chi connectivity index (χ0v) is 15.0. The number of amides is 1. The second kappa shape index (κ2) is 8.38. The number of nitrogens with two attached hydrogens (primary N) is 1. The number of hydrogen-bond acceptors (Lipinski definition) is 4. The van der Waals surface area contributed by atoms with Gasteiger partial charge in [0.25, 0.3) is 0 Å². The summed E-state index contributed by atoms with van der Waals surface area (Å²) in [6.07, 6.45) is 3.51. The third kappa shape index (κ3) is 4.46. The fourth-order valence-electron chi connectivity index (χ4n) is 3.03. The maximum atomic E-state index is 12.2. The maximum absolute atomic E-state index is 12.2. The predicted octanol–water partition coefficient (Wildman–Crippen LogP) is 3.51. The molecule has 27 heavy (non-hydrogen) atoms. The summed E-state index contributed by atoms with van der Waals surface area (Å²) in [6, 6.07) is 18.4. The minimum absolute atomic E-state index is 0.113. The molecule has 0 aromatic heterocycles. The molecule has 0 bridgehead atoms. The molecule has 0 spiro atoms. The summed E-state index contributed by atoms with van der Waals surface area (Å²) in [7, 11) is 0. The van der Waals surface area contributed by atoms with E-state index in [9.17, 15) is 4.79 Å². The molecule has 0 atom stereocenters. The number of carbonyl (C=O) groups is 1. The molecule has 0 saturated carbocycles. The second-order valence-corrected chi connectivity index (χ2v) is 6.37. The van der Waals surface area contributed by atoms with Gasteiger partial charge in [-0.25, -0.2) is 0 Å². The van der Waals surface area contributed by atoms with Crippen molar-refractivity contribution in [2.24, 2.45) is 5.73 Å². The predicted molar refractivity (Wildman–Crippen MR) is 113 cm³/mol. The lowest BCUT2D eigenvalue weighted by Gasteiger charge is -2.08. The summed E-state index contributed by atoms with van der Waals surface area (Å²) in [6.45, 7) is 0.242. The summed E-state index contributed by atoms with van der Waals surface area (Å²) in [5, 5.41) is 22.4. The van der Waals surface area contributed by atoms with Gasteiger partial charge in [-0.1, -0.05) is 48.5 Å². The van der Waals surface area contributed by atoms with Crippen molar-refractivity contribution < 1.29 is 4.79 Å². The van der Waals surface area contributed by atoms with Crippen LogP contribution >= 0.6 is 0 Å². The number of nitrogens with one attached hydrogen (secondary N) is 3. The Morgan fingerprint density at radius 3 is 2.15 bits per heavy atom. The Hall–Kier alpha value is -3.31. The topological polar surface area (TPSA) is 103 Å². The van der Waals surface area contributed by atoms with Gasteiger partial charge in [-0.05, 0) is 39.3 Å². The SMILES string of the molecule is N=C(CN)CC(=N)CNC(=O)/C=C/c1c2ccccc2cc2ccccc12. The molecule has 1 amide bonds. The molecule has 0 aliphatic heterocycles. The second-order valence-electron chi connectivity index (χ2n) is 6.37. The van der Waals surface area contributed by atoms with Crippen molar-refractivity contribution >= 4 is 45.0 Å². The summed E-state index contributed by atoms with van der Waals surface area (Å²) in [4.78, 5) is 12.2. The lowest BCUT2D eigenvalue weighted by molar-refractivity contribution is -0.116. The lowest BCUT2D eigenvalue weighted by Crippen LogP contribution is -2.29. The van der Waals surface area contributed by atoms with E-state index in [0.29, 0.717) is 0 Å². The van der Waals surface area contributed by atoms with E-state index in [4.69, 9.17) is 16.6 Å². The summed E-state index contributed by atoms with van der Waals surface area (Å²) in [5.41, 5.74) is 6.91. The molecule has 136 valence electrons. The van der Waals surface area contributed by atoms with Gasteiger partial charge in [-0.2, -0.15) is 0 Å². The van der Waals surface area contributed by atoms with E-state index < -0.39 is 0 Å². The fourth-order valence-corrected chi connectivity index (χ4v) is 3.03. The molecular formula is C22H22N4O. The van der Waals surface area contributed by atoms with E-state index in [-0.39, 0.29) is 36.8 Å². The first-order valence-electron chi connectivity index (χ1n) is 8.77. The number of benzene rings is 3. The lowest BCUT2D eigenvalue weighted by atomic mass is 9.96. The highest BCUT2D eigenvalue weighted by molar-refractivity contribution is 6.09. The van der Waals surface area contributed by atoms with Crippen LogP contribution in [-0.2, 0) is 4.79 Å². The molecule has 3 aromatic rings. The van der Waals surface area contributed by atoms with Gasteiger partial charge >= 0.3 is 0 Å². The van der Waals surface area contributed by atoms with Gasteiger partial charge in [-0.3, -0.25) is 4.79 Å². The summed E-state index contributed by atoms with van der Waals surface area (Å²) >= 11 is 0. The molecule has 0 aliphatic carbocycles. The number of rotatable bonds is 7. The molecule has 0 fully saturated rings. The van der Waals surface area contributed by atoms with Crippen molar-refractivity contribution in [1.29, 1.82) is 10.8 Å². The first-order chi connectivity index (χ1) is 13.1. The Kier molecular flexibility index (Phi) is 5.74. The van der Waals surface area contributed by atoms with Crippen LogP contribution in [0, 0.1) is 10.8 Å². The highest BCUT2D eigenvalue weighted by Gasteiger charge is 2.06. The third-order valence-electron chi connectivity index (χ3n) is 4.36. The van der Waals surface area contributed by atoms with E-state index in [1.165, 1.54) is 6.08 Å². The number of carbonyl (C=O) groups excluding carboxylic acids is 1.